The first kappa shape index (κ1) is 19.7. The molecule has 0 radical (unpaired) electrons. The van der Waals surface area contributed by atoms with Crippen LogP contribution < -0.4 is 10.2 Å². The molecular formula is C20H31N3OS. The minimum Gasteiger partial charge on any atom is -0.358 e. The lowest BCUT2D eigenvalue weighted by molar-refractivity contribution is -0.118. The van der Waals surface area contributed by atoms with E-state index in [0.717, 1.165) is 17.2 Å². The lowest BCUT2D eigenvalue weighted by Crippen LogP contribution is -2.60. The number of thiocarbonyl (C=S) groups is 1. The molecule has 1 saturated heterocycles. The lowest BCUT2D eigenvalue weighted by Gasteiger charge is -2.44. The highest BCUT2D eigenvalue weighted by molar-refractivity contribution is 7.80. The average Bonchev–Trinajstić information content (AvgIpc) is 2.49. The van der Waals surface area contributed by atoms with Crippen LogP contribution in [0.2, 0.25) is 0 Å². The molecule has 1 atom stereocenters. The van der Waals surface area contributed by atoms with Gasteiger partial charge < -0.3 is 15.1 Å². The number of rotatable bonds is 5. The number of nitrogens with zero attached hydrogens (tertiary/aromatic N) is 2. The van der Waals surface area contributed by atoms with Crippen molar-refractivity contribution in [2.75, 3.05) is 18.0 Å². The normalized spacial score (nSPS) is 19.5. The van der Waals surface area contributed by atoms with Gasteiger partial charge in [0.05, 0.1) is 0 Å². The fourth-order valence-corrected chi connectivity index (χ4v) is 4.08. The maximum Gasteiger partial charge on any atom is 0.228 e. The van der Waals surface area contributed by atoms with E-state index in [-0.39, 0.29) is 11.4 Å². The molecule has 0 aromatic heterocycles. The second kappa shape index (κ2) is 7.73. The Morgan fingerprint density at radius 2 is 2.04 bits per heavy atom. The second-order valence-electron chi connectivity index (χ2n) is 7.72. The summed E-state index contributed by atoms with van der Waals surface area (Å²) in [5, 5.41) is 4.14. The van der Waals surface area contributed by atoms with Gasteiger partial charge in [-0.05, 0) is 83.4 Å². The Morgan fingerprint density at radius 1 is 1.36 bits per heavy atom. The highest BCUT2D eigenvalue weighted by Gasteiger charge is 2.33. The van der Waals surface area contributed by atoms with E-state index in [2.05, 4.69) is 57.0 Å². The van der Waals surface area contributed by atoms with Gasteiger partial charge in [0.1, 0.15) is 0 Å². The van der Waals surface area contributed by atoms with Crippen LogP contribution in [0.4, 0.5) is 5.69 Å². The summed E-state index contributed by atoms with van der Waals surface area (Å²) in [7, 11) is 0. The predicted molar refractivity (Wildman–Crippen MR) is 109 cm³/mol. The van der Waals surface area contributed by atoms with Crippen molar-refractivity contribution < 1.29 is 4.79 Å². The van der Waals surface area contributed by atoms with E-state index in [9.17, 15) is 4.79 Å². The van der Waals surface area contributed by atoms with Crippen LogP contribution in [0.25, 0.3) is 0 Å². The number of nitrogens with one attached hydrogen (secondary N) is 1. The fourth-order valence-electron chi connectivity index (χ4n) is 3.53. The van der Waals surface area contributed by atoms with Crippen LogP contribution in [0.15, 0.2) is 18.2 Å². The Hall–Kier alpha value is -1.62. The van der Waals surface area contributed by atoms with Gasteiger partial charge in [-0.15, -0.1) is 0 Å². The highest BCUT2D eigenvalue weighted by Crippen LogP contribution is 2.23. The molecule has 1 fully saturated rings. The fraction of sp³-hybridized carbons (Fsp3) is 0.600. The molecule has 1 aliphatic rings. The third-order valence-electron chi connectivity index (χ3n) is 5.03. The summed E-state index contributed by atoms with van der Waals surface area (Å²) in [5.74, 6) is 0.144. The van der Waals surface area contributed by atoms with Crippen molar-refractivity contribution in [3.63, 3.8) is 0 Å². The number of hydrogen-bond acceptors (Lipinski definition) is 2. The van der Waals surface area contributed by atoms with Crippen molar-refractivity contribution in [3.05, 3.63) is 29.3 Å². The zero-order chi connectivity index (χ0) is 18.8. The summed E-state index contributed by atoms with van der Waals surface area (Å²) in [5.41, 5.74) is 3.45. The Kier molecular flexibility index (Phi) is 6.09. The molecule has 0 saturated carbocycles. The quantitative estimate of drug-likeness (QED) is 0.809. The molecule has 0 aliphatic carbocycles. The Balaban J connectivity index is 2.02. The standard InChI is InChI=1S/C20H31N3OS/c1-7-22(17-9-8-14(2)15(3)12-17)18(24)10-11-23-16(4)13-20(5,6)21-19(23)25/h8-9,12,16H,7,10-11,13H2,1-6H3,(H,21,25). The van der Waals surface area contributed by atoms with Gasteiger partial charge in [0.15, 0.2) is 5.11 Å². The summed E-state index contributed by atoms with van der Waals surface area (Å²) in [4.78, 5) is 16.8. The largest absolute Gasteiger partial charge is 0.358 e. The van der Waals surface area contributed by atoms with Crippen molar-refractivity contribution in [1.82, 2.24) is 10.2 Å². The minimum atomic E-state index is 0.0197. The molecule has 0 bridgehead atoms. The monoisotopic (exact) mass is 361 g/mol. The van der Waals surface area contributed by atoms with Crippen molar-refractivity contribution in [2.45, 2.75) is 66.0 Å². The van der Waals surface area contributed by atoms with E-state index in [4.69, 9.17) is 12.2 Å². The molecule has 1 N–H and O–H groups in total. The zero-order valence-electron chi connectivity index (χ0n) is 16.3. The molecule has 0 spiro atoms. The van der Waals surface area contributed by atoms with E-state index in [1.54, 1.807) is 0 Å². The smallest absolute Gasteiger partial charge is 0.228 e. The Bertz CT molecular complexity index is 656. The van der Waals surface area contributed by atoms with Crippen LogP contribution in [0.1, 0.15) is 51.7 Å². The molecule has 25 heavy (non-hydrogen) atoms. The number of hydrogen-bond donors (Lipinski definition) is 1. The van der Waals surface area contributed by atoms with Gasteiger partial charge in [0.25, 0.3) is 0 Å². The molecule has 1 amide bonds. The van der Waals surface area contributed by atoms with Crippen LogP contribution in [-0.4, -0.2) is 40.6 Å². The number of carbonyl (C=O) groups excluding carboxylic acids is 1. The first-order chi connectivity index (χ1) is 11.6. The van der Waals surface area contributed by atoms with Crippen LogP contribution in [-0.2, 0) is 4.79 Å². The third-order valence-corrected chi connectivity index (χ3v) is 5.37. The molecular weight excluding hydrogens is 330 g/mol. The van der Waals surface area contributed by atoms with Gasteiger partial charge in [-0.25, -0.2) is 0 Å². The highest BCUT2D eigenvalue weighted by atomic mass is 32.1. The molecule has 2 rings (SSSR count). The number of anilines is 1. The molecule has 138 valence electrons. The molecule has 1 aliphatic heterocycles. The topological polar surface area (TPSA) is 35.6 Å². The maximum atomic E-state index is 12.8. The molecule has 4 nitrogen and oxygen atoms in total. The van der Waals surface area contributed by atoms with Crippen molar-refractivity contribution in [2.24, 2.45) is 0 Å². The average molecular weight is 362 g/mol. The number of benzene rings is 1. The molecule has 1 unspecified atom stereocenters. The maximum absolute atomic E-state index is 12.8. The number of aryl methyl sites for hydroxylation is 2. The Morgan fingerprint density at radius 3 is 2.60 bits per heavy atom. The molecule has 5 heteroatoms. The van der Waals surface area contributed by atoms with Gasteiger partial charge in [0.2, 0.25) is 5.91 Å². The van der Waals surface area contributed by atoms with E-state index >= 15 is 0 Å². The van der Waals surface area contributed by atoms with Gasteiger partial charge in [-0.3, -0.25) is 4.79 Å². The summed E-state index contributed by atoms with van der Waals surface area (Å²) >= 11 is 5.51. The summed E-state index contributed by atoms with van der Waals surface area (Å²) in [6.07, 6.45) is 1.48. The third kappa shape index (κ3) is 4.72. The lowest BCUT2D eigenvalue weighted by atomic mass is 9.93. The molecule has 1 aromatic carbocycles. The van der Waals surface area contributed by atoms with Crippen LogP contribution in [0.3, 0.4) is 0 Å². The second-order valence-corrected chi connectivity index (χ2v) is 8.10. The summed E-state index contributed by atoms with van der Waals surface area (Å²) < 4.78 is 0. The van der Waals surface area contributed by atoms with Gasteiger partial charge in [-0.1, -0.05) is 6.07 Å². The van der Waals surface area contributed by atoms with Crippen molar-refractivity contribution in [1.29, 1.82) is 0 Å². The molecule has 1 heterocycles. The van der Waals surface area contributed by atoms with Crippen LogP contribution in [0.5, 0.6) is 0 Å². The van der Waals surface area contributed by atoms with E-state index in [1.807, 2.05) is 17.9 Å². The first-order valence-electron chi connectivity index (χ1n) is 9.11. The van der Waals surface area contributed by atoms with Gasteiger partial charge >= 0.3 is 0 Å². The van der Waals surface area contributed by atoms with Gasteiger partial charge in [0, 0.05) is 36.8 Å². The molecule has 1 aromatic rings. The van der Waals surface area contributed by atoms with Crippen LogP contribution >= 0.6 is 12.2 Å². The SMILES string of the molecule is CCN(C(=O)CCN1C(=S)NC(C)(C)CC1C)c1ccc(C)c(C)c1. The van der Waals surface area contributed by atoms with E-state index in [1.165, 1.54) is 11.1 Å². The first-order valence-corrected chi connectivity index (χ1v) is 9.52. The number of carbonyl (C=O) groups is 1. The van der Waals surface area contributed by atoms with Crippen molar-refractivity contribution in [3.8, 4) is 0 Å². The van der Waals surface area contributed by atoms with E-state index < -0.39 is 0 Å². The minimum absolute atomic E-state index is 0.0197. The zero-order valence-corrected chi connectivity index (χ0v) is 17.2. The van der Waals surface area contributed by atoms with Crippen molar-refractivity contribution >= 4 is 28.9 Å². The van der Waals surface area contributed by atoms with Crippen LogP contribution in [0, 0.1) is 13.8 Å². The summed E-state index contributed by atoms with van der Waals surface area (Å²) in [6.45, 7) is 14.0. The predicted octanol–water partition coefficient (Wildman–Crippen LogP) is 3.79. The Labute approximate surface area is 157 Å². The van der Waals surface area contributed by atoms with E-state index in [0.29, 0.717) is 25.6 Å². The summed E-state index contributed by atoms with van der Waals surface area (Å²) in [6, 6.07) is 6.54. The van der Waals surface area contributed by atoms with Gasteiger partial charge in [-0.2, -0.15) is 0 Å². The number of amides is 1.